The Bertz CT molecular complexity index is 897. The van der Waals surface area contributed by atoms with Crippen LogP contribution in [0.5, 0.6) is 0 Å². The average Bonchev–Trinajstić information content (AvgIpc) is 2.93. The molecule has 0 saturated heterocycles. The molecule has 0 unspecified atom stereocenters. The third kappa shape index (κ3) is 11.2. The molecule has 1 aliphatic rings. The van der Waals surface area contributed by atoms with Crippen molar-refractivity contribution in [3.8, 4) is 11.8 Å². The highest BCUT2D eigenvalue weighted by Crippen LogP contribution is 2.34. The molecule has 0 heterocycles. The fourth-order valence-corrected chi connectivity index (χ4v) is 5.67. The third-order valence-electron chi connectivity index (χ3n) is 8.17. The summed E-state index contributed by atoms with van der Waals surface area (Å²) < 4.78 is 0. The maximum Gasteiger partial charge on any atom is 0.0249 e. The SMILES string of the molecule is C=CCCc1ccc(C#Cc2ccc(CCC3CCC(CCCCCCCCCC)CC3)cc2)cc1. The standard InChI is InChI=1S/C36H50/c1-3-5-7-8-9-10-11-12-14-32-17-21-34(22-18-32)24-26-36-29-27-35(28-30-36)25-23-33-19-15-31(16-20-33)13-6-4-2/h4,15-16,19-20,27-30,32,34H,2-3,5-14,17-18,21-22,24,26H2,1H3. The number of hydrogen-bond acceptors (Lipinski definition) is 0. The van der Waals surface area contributed by atoms with Crippen molar-refractivity contribution in [2.45, 2.75) is 116 Å². The molecule has 0 nitrogen and oxygen atoms in total. The van der Waals surface area contributed by atoms with Gasteiger partial charge >= 0.3 is 0 Å². The summed E-state index contributed by atoms with van der Waals surface area (Å²) in [5, 5.41) is 0. The van der Waals surface area contributed by atoms with E-state index in [4.69, 9.17) is 0 Å². The Labute approximate surface area is 223 Å². The van der Waals surface area contributed by atoms with E-state index in [0.29, 0.717) is 0 Å². The van der Waals surface area contributed by atoms with Gasteiger partial charge in [0.05, 0.1) is 0 Å². The summed E-state index contributed by atoms with van der Waals surface area (Å²) in [6.45, 7) is 6.10. The van der Waals surface area contributed by atoms with Crippen LogP contribution in [-0.2, 0) is 12.8 Å². The summed E-state index contributed by atoms with van der Waals surface area (Å²) in [7, 11) is 0. The van der Waals surface area contributed by atoms with Crippen LogP contribution in [0.25, 0.3) is 0 Å². The molecule has 0 N–H and O–H groups in total. The quantitative estimate of drug-likeness (QED) is 0.134. The van der Waals surface area contributed by atoms with E-state index in [9.17, 15) is 0 Å². The van der Waals surface area contributed by atoms with Gasteiger partial charge in [0.2, 0.25) is 0 Å². The summed E-state index contributed by atoms with van der Waals surface area (Å²) in [5.74, 6) is 8.60. The Morgan fingerprint density at radius 2 is 1.11 bits per heavy atom. The monoisotopic (exact) mass is 482 g/mol. The highest BCUT2D eigenvalue weighted by molar-refractivity contribution is 5.44. The highest BCUT2D eigenvalue weighted by Gasteiger charge is 2.20. The first-order valence-corrected chi connectivity index (χ1v) is 15.1. The van der Waals surface area contributed by atoms with Crippen molar-refractivity contribution in [3.05, 3.63) is 83.4 Å². The van der Waals surface area contributed by atoms with E-state index in [2.05, 4.69) is 73.9 Å². The zero-order valence-electron chi connectivity index (χ0n) is 23.1. The van der Waals surface area contributed by atoms with Crippen LogP contribution in [0.2, 0.25) is 0 Å². The van der Waals surface area contributed by atoms with E-state index in [-0.39, 0.29) is 0 Å². The predicted octanol–water partition coefficient (Wildman–Crippen LogP) is 10.5. The minimum absolute atomic E-state index is 0.939. The maximum absolute atomic E-state index is 3.80. The van der Waals surface area contributed by atoms with Crippen molar-refractivity contribution < 1.29 is 0 Å². The van der Waals surface area contributed by atoms with Gasteiger partial charge in [0.15, 0.2) is 0 Å². The molecule has 0 aromatic heterocycles. The molecule has 0 amide bonds. The first kappa shape index (κ1) is 28.3. The molecular formula is C36H50. The zero-order chi connectivity index (χ0) is 25.3. The van der Waals surface area contributed by atoms with E-state index in [0.717, 1.165) is 35.8 Å². The Kier molecular flexibility index (Phi) is 13.6. The van der Waals surface area contributed by atoms with Crippen molar-refractivity contribution in [2.24, 2.45) is 11.8 Å². The normalized spacial score (nSPS) is 17.4. The fourth-order valence-electron chi connectivity index (χ4n) is 5.67. The minimum Gasteiger partial charge on any atom is -0.103 e. The molecule has 1 saturated carbocycles. The molecule has 0 aliphatic heterocycles. The lowest BCUT2D eigenvalue weighted by molar-refractivity contribution is 0.248. The van der Waals surface area contributed by atoms with Crippen LogP contribution in [0.3, 0.4) is 0 Å². The van der Waals surface area contributed by atoms with Gasteiger partial charge in [-0.25, -0.2) is 0 Å². The zero-order valence-corrected chi connectivity index (χ0v) is 23.1. The molecule has 3 rings (SSSR count). The van der Waals surface area contributed by atoms with Gasteiger partial charge in [-0.2, -0.15) is 0 Å². The molecule has 36 heavy (non-hydrogen) atoms. The number of benzene rings is 2. The van der Waals surface area contributed by atoms with Crippen molar-refractivity contribution in [1.29, 1.82) is 0 Å². The molecule has 0 radical (unpaired) electrons. The van der Waals surface area contributed by atoms with Crippen LogP contribution in [0.4, 0.5) is 0 Å². The maximum atomic E-state index is 3.80. The summed E-state index contributed by atoms with van der Waals surface area (Å²) >= 11 is 0. The summed E-state index contributed by atoms with van der Waals surface area (Å²) in [4.78, 5) is 0. The molecule has 1 fully saturated rings. The summed E-state index contributed by atoms with van der Waals surface area (Å²) in [6, 6.07) is 17.6. The van der Waals surface area contributed by atoms with Gasteiger partial charge in [0.1, 0.15) is 0 Å². The van der Waals surface area contributed by atoms with Gasteiger partial charge in [-0.15, -0.1) is 6.58 Å². The number of unbranched alkanes of at least 4 members (excludes halogenated alkanes) is 7. The van der Waals surface area contributed by atoms with Gasteiger partial charge in [-0.3, -0.25) is 0 Å². The first-order valence-electron chi connectivity index (χ1n) is 15.1. The largest absolute Gasteiger partial charge is 0.103 e. The van der Waals surface area contributed by atoms with Crippen LogP contribution in [0.15, 0.2) is 61.2 Å². The summed E-state index contributed by atoms with van der Waals surface area (Å²) in [6.07, 6.45) is 25.5. The van der Waals surface area contributed by atoms with Crippen molar-refractivity contribution >= 4 is 0 Å². The first-order chi connectivity index (χ1) is 17.8. The van der Waals surface area contributed by atoms with E-state index in [1.165, 1.54) is 107 Å². The van der Waals surface area contributed by atoms with Crippen molar-refractivity contribution in [2.75, 3.05) is 0 Å². The van der Waals surface area contributed by atoms with E-state index in [1.807, 2.05) is 6.08 Å². The van der Waals surface area contributed by atoms with Crippen LogP contribution in [0, 0.1) is 23.7 Å². The minimum atomic E-state index is 0.939. The molecule has 0 atom stereocenters. The second-order valence-corrected chi connectivity index (χ2v) is 11.2. The Balaban J connectivity index is 1.29. The molecular weight excluding hydrogens is 432 g/mol. The van der Waals surface area contributed by atoms with Gasteiger partial charge < -0.3 is 0 Å². The Hall–Kier alpha value is -2.26. The van der Waals surface area contributed by atoms with Crippen LogP contribution in [-0.4, -0.2) is 0 Å². The number of hydrogen-bond donors (Lipinski definition) is 0. The van der Waals surface area contributed by atoms with E-state index in [1.54, 1.807) is 0 Å². The lowest BCUT2D eigenvalue weighted by atomic mass is 9.77. The molecule has 0 bridgehead atoms. The number of allylic oxidation sites excluding steroid dienone is 1. The molecule has 0 heteroatoms. The van der Waals surface area contributed by atoms with E-state index >= 15 is 0 Å². The average molecular weight is 483 g/mol. The summed E-state index contributed by atoms with van der Waals surface area (Å²) in [5.41, 5.74) is 5.00. The topological polar surface area (TPSA) is 0 Å². The van der Waals surface area contributed by atoms with Gasteiger partial charge in [-0.05, 0) is 72.9 Å². The molecule has 2 aromatic carbocycles. The van der Waals surface area contributed by atoms with Gasteiger partial charge in [0.25, 0.3) is 0 Å². The highest BCUT2D eigenvalue weighted by atomic mass is 14.3. The van der Waals surface area contributed by atoms with Crippen LogP contribution >= 0.6 is 0 Å². The molecule has 0 spiro atoms. The van der Waals surface area contributed by atoms with Gasteiger partial charge in [-0.1, -0.05) is 133 Å². The van der Waals surface area contributed by atoms with Crippen LogP contribution in [0.1, 0.15) is 125 Å². The second-order valence-electron chi connectivity index (χ2n) is 11.2. The molecule has 1 aliphatic carbocycles. The third-order valence-corrected chi connectivity index (χ3v) is 8.17. The van der Waals surface area contributed by atoms with Crippen molar-refractivity contribution in [3.63, 3.8) is 0 Å². The lowest BCUT2D eigenvalue weighted by Crippen LogP contribution is -2.15. The van der Waals surface area contributed by atoms with Crippen molar-refractivity contribution in [1.82, 2.24) is 0 Å². The number of rotatable bonds is 15. The fraction of sp³-hybridized carbons (Fsp3) is 0.556. The number of aryl methyl sites for hydroxylation is 2. The Morgan fingerprint density at radius 1 is 0.639 bits per heavy atom. The van der Waals surface area contributed by atoms with E-state index < -0.39 is 0 Å². The second kappa shape index (κ2) is 17.2. The smallest absolute Gasteiger partial charge is 0.0249 e. The molecule has 194 valence electrons. The lowest BCUT2D eigenvalue weighted by Gasteiger charge is -2.28. The predicted molar refractivity (Wildman–Crippen MR) is 158 cm³/mol. The van der Waals surface area contributed by atoms with Gasteiger partial charge in [0, 0.05) is 11.1 Å². The van der Waals surface area contributed by atoms with Crippen LogP contribution < -0.4 is 0 Å². The molecule has 2 aromatic rings. The Morgan fingerprint density at radius 3 is 1.64 bits per heavy atom.